The number of hydrogen-bond donors (Lipinski definition) is 1. The van der Waals surface area contributed by atoms with E-state index in [-0.39, 0.29) is 5.76 Å². The Kier molecular flexibility index (Phi) is 2.48. The van der Waals surface area contributed by atoms with Gasteiger partial charge in [-0.2, -0.15) is 0 Å². The van der Waals surface area contributed by atoms with E-state index in [0.29, 0.717) is 5.69 Å². The summed E-state index contributed by atoms with van der Waals surface area (Å²) in [5.74, 6) is -1.23. The van der Waals surface area contributed by atoms with E-state index in [1.165, 1.54) is 6.07 Å². The predicted molar refractivity (Wildman–Crippen MR) is 50.6 cm³/mol. The Labute approximate surface area is 87.0 Å². The van der Waals surface area contributed by atoms with E-state index in [1.807, 2.05) is 0 Å². The molecule has 1 N–H and O–H groups in total. The summed E-state index contributed by atoms with van der Waals surface area (Å²) in [4.78, 5) is 10.6. The molecule has 0 radical (unpaired) electrons. The minimum atomic E-state index is -1.10. The second-order valence-corrected chi connectivity index (χ2v) is 3.79. The molecule has 2 rings (SSSR count). The van der Waals surface area contributed by atoms with Crippen molar-refractivity contribution in [3.05, 3.63) is 17.5 Å². The molecule has 1 saturated carbocycles. The summed E-state index contributed by atoms with van der Waals surface area (Å²) in [6, 6.07) is 1.46. The highest BCUT2D eigenvalue weighted by molar-refractivity contribution is 5.84. The van der Waals surface area contributed by atoms with Gasteiger partial charge in [0, 0.05) is 13.2 Å². The molecular formula is C10H13NO4. The summed E-state index contributed by atoms with van der Waals surface area (Å²) in [5.41, 5.74) is 0.164. The van der Waals surface area contributed by atoms with Crippen molar-refractivity contribution in [1.29, 1.82) is 0 Å². The Balaban J connectivity index is 2.30. The molecule has 1 aromatic heterocycles. The number of nitrogens with zero attached hydrogens (tertiary/aromatic N) is 1. The van der Waals surface area contributed by atoms with E-state index < -0.39 is 11.6 Å². The van der Waals surface area contributed by atoms with Gasteiger partial charge in [-0.15, -0.1) is 0 Å². The smallest absolute Gasteiger partial charge is 0.374 e. The maximum Gasteiger partial charge on any atom is 0.374 e. The number of carbonyl (C=O) groups is 1. The lowest BCUT2D eigenvalue weighted by atomic mass is 9.97. The molecule has 0 unspecified atom stereocenters. The van der Waals surface area contributed by atoms with E-state index >= 15 is 0 Å². The third-order valence-corrected chi connectivity index (χ3v) is 2.99. The van der Waals surface area contributed by atoms with Gasteiger partial charge in [0.25, 0.3) is 0 Å². The second kappa shape index (κ2) is 3.66. The number of aromatic nitrogens is 1. The van der Waals surface area contributed by atoms with Crippen LogP contribution in [0.3, 0.4) is 0 Å². The van der Waals surface area contributed by atoms with Gasteiger partial charge < -0.3 is 14.4 Å². The molecule has 0 amide bonds. The minimum absolute atomic E-state index is 0.131. The maximum atomic E-state index is 10.6. The molecule has 0 atom stereocenters. The third kappa shape index (κ3) is 1.63. The Bertz CT molecular complexity index is 365. The van der Waals surface area contributed by atoms with Gasteiger partial charge in [-0.1, -0.05) is 18.0 Å². The molecule has 1 aliphatic rings. The summed E-state index contributed by atoms with van der Waals surface area (Å²) in [7, 11) is 1.63. The van der Waals surface area contributed by atoms with Gasteiger partial charge in [-0.05, 0) is 12.8 Å². The van der Waals surface area contributed by atoms with E-state index in [0.717, 1.165) is 25.7 Å². The zero-order valence-electron chi connectivity index (χ0n) is 8.52. The van der Waals surface area contributed by atoms with Crippen LogP contribution in [-0.4, -0.2) is 23.3 Å². The second-order valence-electron chi connectivity index (χ2n) is 3.79. The lowest BCUT2D eigenvalue weighted by Gasteiger charge is -2.24. The van der Waals surface area contributed by atoms with Gasteiger partial charge in [-0.25, -0.2) is 4.79 Å². The van der Waals surface area contributed by atoms with E-state index in [1.54, 1.807) is 7.11 Å². The molecule has 5 nitrogen and oxygen atoms in total. The van der Waals surface area contributed by atoms with Crippen molar-refractivity contribution >= 4 is 5.97 Å². The highest BCUT2D eigenvalue weighted by Gasteiger charge is 2.39. The summed E-state index contributed by atoms with van der Waals surface area (Å²) >= 11 is 0. The first-order valence-electron chi connectivity index (χ1n) is 4.93. The molecule has 5 heteroatoms. The van der Waals surface area contributed by atoms with E-state index in [4.69, 9.17) is 14.4 Å². The van der Waals surface area contributed by atoms with Crippen molar-refractivity contribution in [1.82, 2.24) is 5.16 Å². The summed E-state index contributed by atoms with van der Waals surface area (Å²) in [6.07, 6.45) is 3.89. The number of rotatable bonds is 3. The fourth-order valence-electron chi connectivity index (χ4n) is 2.10. The number of methoxy groups -OCH3 is 1. The SMILES string of the molecule is COC1(c2cc(C(=O)O)on2)CCCC1. The molecule has 0 spiro atoms. The molecule has 15 heavy (non-hydrogen) atoms. The lowest BCUT2D eigenvalue weighted by molar-refractivity contribution is -0.0146. The molecule has 0 aliphatic heterocycles. The summed E-state index contributed by atoms with van der Waals surface area (Å²) < 4.78 is 10.2. The van der Waals surface area contributed by atoms with Gasteiger partial charge in [0.05, 0.1) is 0 Å². The molecule has 1 fully saturated rings. The normalized spacial score (nSPS) is 19.3. The van der Waals surface area contributed by atoms with Gasteiger partial charge in [-0.3, -0.25) is 0 Å². The van der Waals surface area contributed by atoms with Crippen molar-refractivity contribution < 1.29 is 19.2 Å². The Morgan fingerprint density at radius 1 is 1.60 bits per heavy atom. The molecular weight excluding hydrogens is 198 g/mol. The van der Waals surface area contributed by atoms with Gasteiger partial charge in [0.1, 0.15) is 11.3 Å². The monoisotopic (exact) mass is 211 g/mol. The zero-order valence-corrected chi connectivity index (χ0v) is 8.52. The van der Waals surface area contributed by atoms with E-state index in [9.17, 15) is 4.79 Å². The molecule has 1 heterocycles. The summed E-state index contributed by atoms with van der Waals surface area (Å²) in [6.45, 7) is 0. The lowest BCUT2D eigenvalue weighted by Crippen LogP contribution is -2.24. The van der Waals surface area contributed by atoms with Crippen LogP contribution in [0.2, 0.25) is 0 Å². The molecule has 1 aromatic rings. The third-order valence-electron chi connectivity index (χ3n) is 2.99. The number of hydrogen-bond acceptors (Lipinski definition) is 4. The van der Waals surface area contributed by atoms with Crippen molar-refractivity contribution in [3.8, 4) is 0 Å². The largest absolute Gasteiger partial charge is 0.475 e. The van der Waals surface area contributed by atoms with Crippen LogP contribution in [0.1, 0.15) is 41.9 Å². The first kappa shape index (κ1) is 10.2. The first-order valence-corrected chi connectivity index (χ1v) is 4.93. The topological polar surface area (TPSA) is 72.6 Å². The van der Waals surface area contributed by atoms with Crippen LogP contribution >= 0.6 is 0 Å². The molecule has 1 aliphatic carbocycles. The van der Waals surface area contributed by atoms with Crippen LogP contribution in [-0.2, 0) is 10.3 Å². The number of ether oxygens (including phenoxy) is 1. The minimum Gasteiger partial charge on any atom is -0.475 e. The van der Waals surface area contributed by atoms with Crippen molar-refractivity contribution in [2.24, 2.45) is 0 Å². The van der Waals surface area contributed by atoms with Gasteiger partial charge in [0.2, 0.25) is 5.76 Å². The Morgan fingerprint density at radius 2 is 2.27 bits per heavy atom. The highest BCUT2D eigenvalue weighted by Crippen LogP contribution is 2.41. The van der Waals surface area contributed by atoms with Crippen LogP contribution in [0.5, 0.6) is 0 Å². The fourth-order valence-corrected chi connectivity index (χ4v) is 2.10. The van der Waals surface area contributed by atoms with Crippen LogP contribution in [0.25, 0.3) is 0 Å². The standard InChI is InChI=1S/C10H13NO4/c1-14-10(4-2-3-5-10)8-6-7(9(12)13)15-11-8/h6H,2-5H2,1H3,(H,12,13). The average molecular weight is 211 g/mol. The fraction of sp³-hybridized carbons (Fsp3) is 0.600. The highest BCUT2D eigenvalue weighted by atomic mass is 16.5. The van der Waals surface area contributed by atoms with Crippen LogP contribution < -0.4 is 0 Å². The molecule has 0 aromatic carbocycles. The first-order chi connectivity index (χ1) is 7.18. The number of carboxylic acid groups (broad SMARTS) is 1. The predicted octanol–water partition coefficient (Wildman–Crippen LogP) is 1.79. The van der Waals surface area contributed by atoms with Crippen molar-refractivity contribution in [3.63, 3.8) is 0 Å². The summed E-state index contributed by atoms with van der Waals surface area (Å²) in [5, 5.41) is 12.5. The number of aromatic carboxylic acids is 1. The Morgan fingerprint density at radius 3 is 2.73 bits per heavy atom. The quantitative estimate of drug-likeness (QED) is 0.825. The van der Waals surface area contributed by atoms with Crippen molar-refractivity contribution in [2.75, 3.05) is 7.11 Å². The molecule has 82 valence electrons. The molecule has 0 saturated heterocycles. The van der Waals surface area contributed by atoms with Crippen LogP contribution in [0.4, 0.5) is 0 Å². The average Bonchev–Trinajstić information content (AvgIpc) is 2.87. The van der Waals surface area contributed by atoms with E-state index in [2.05, 4.69) is 5.16 Å². The van der Waals surface area contributed by atoms with Crippen LogP contribution in [0.15, 0.2) is 10.6 Å². The maximum absolute atomic E-state index is 10.6. The van der Waals surface area contributed by atoms with Gasteiger partial charge in [0.15, 0.2) is 0 Å². The van der Waals surface area contributed by atoms with Crippen molar-refractivity contribution in [2.45, 2.75) is 31.3 Å². The zero-order chi connectivity index (χ0) is 10.9. The van der Waals surface area contributed by atoms with Crippen LogP contribution in [0, 0.1) is 0 Å². The Hall–Kier alpha value is -1.36. The van der Waals surface area contributed by atoms with Gasteiger partial charge >= 0.3 is 5.97 Å². The number of carboxylic acids is 1. The molecule has 0 bridgehead atoms.